The van der Waals surface area contributed by atoms with Crippen LogP contribution in [0.1, 0.15) is 29.2 Å². The molecule has 0 aliphatic carbocycles. The summed E-state index contributed by atoms with van der Waals surface area (Å²) in [6.07, 6.45) is -4.69. The molecule has 1 amide bonds. The minimum atomic E-state index is -4.72. The molecule has 2 aromatic rings. The van der Waals surface area contributed by atoms with Crippen molar-refractivity contribution in [1.82, 2.24) is 4.98 Å². The van der Waals surface area contributed by atoms with Gasteiger partial charge >= 0.3 is 6.18 Å². The van der Waals surface area contributed by atoms with Crippen molar-refractivity contribution in [3.05, 3.63) is 53.0 Å². The van der Waals surface area contributed by atoms with E-state index in [2.05, 4.69) is 4.98 Å². The van der Waals surface area contributed by atoms with Crippen molar-refractivity contribution in [2.75, 3.05) is 40.8 Å². The lowest BCUT2D eigenvalue weighted by Crippen LogP contribution is -2.41. The van der Waals surface area contributed by atoms with E-state index in [1.807, 2.05) is 0 Å². The molecule has 9 nitrogen and oxygen atoms in total. The van der Waals surface area contributed by atoms with Gasteiger partial charge in [-0.1, -0.05) is 12.1 Å². The van der Waals surface area contributed by atoms with Crippen LogP contribution in [0.4, 0.5) is 29.1 Å². The highest BCUT2D eigenvalue weighted by atomic mass is 32.2. The number of aryl methyl sites for hydroxylation is 1. The predicted octanol–water partition coefficient (Wildman–Crippen LogP) is 1.91. The summed E-state index contributed by atoms with van der Waals surface area (Å²) in [5, 5.41) is 0. The SMILES string of the molecule is CN(c1ccc(C(CCc2ccc(C(F)(F)F)nc2N2CCS(=O)(=O)CC2)C(N)=O)cc1F)S(=O)[O-]. The van der Waals surface area contributed by atoms with Gasteiger partial charge in [0, 0.05) is 31.4 Å². The topological polar surface area (TPSA) is 137 Å². The molecule has 1 fully saturated rings. The Morgan fingerprint density at radius 3 is 2.42 bits per heavy atom. The van der Waals surface area contributed by atoms with Crippen LogP contribution in [-0.4, -0.2) is 59.7 Å². The summed E-state index contributed by atoms with van der Waals surface area (Å²) in [5.41, 5.74) is 4.63. The van der Waals surface area contributed by atoms with Gasteiger partial charge in [0.15, 0.2) is 9.84 Å². The molecule has 36 heavy (non-hydrogen) atoms. The van der Waals surface area contributed by atoms with E-state index in [-0.39, 0.29) is 54.5 Å². The second-order valence-electron chi connectivity index (χ2n) is 8.23. The first kappa shape index (κ1) is 27.8. The smallest absolute Gasteiger partial charge is 0.433 e. The summed E-state index contributed by atoms with van der Waals surface area (Å²) in [7, 11) is -2.16. The Balaban J connectivity index is 1.89. The van der Waals surface area contributed by atoms with E-state index < -0.39 is 50.6 Å². The standard InChI is InChI=1S/C21H24F4N4O5S2/c1-28(35(31)32)17-6-3-14(12-16(17)22)15(19(26)30)5-2-13-4-7-18(21(23,24)25)27-20(13)29-8-10-36(33,34)11-9-29/h3-4,6-7,12,15H,2,5,8-11H2,1H3,(H2,26,30)(H,31,32)/p-1. The van der Waals surface area contributed by atoms with E-state index >= 15 is 0 Å². The van der Waals surface area contributed by atoms with Gasteiger partial charge in [-0.15, -0.1) is 0 Å². The molecule has 0 saturated carbocycles. The van der Waals surface area contributed by atoms with Crippen molar-refractivity contribution in [3.8, 4) is 0 Å². The molecule has 0 bridgehead atoms. The second-order valence-corrected chi connectivity index (χ2v) is 11.5. The molecular weight excluding hydrogens is 528 g/mol. The molecule has 2 heterocycles. The van der Waals surface area contributed by atoms with Gasteiger partial charge in [0.05, 0.1) is 23.1 Å². The quantitative estimate of drug-likeness (QED) is 0.391. The fraction of sp³-hybridized carbons (Fsp3) is 0.429. The van der Waals surface area contributed by atoms with Crippen LogP contribution in [0, 0.1) is 5.82 Å². The summed E-state index contributed by atoms with van der Waals surface area (Å²) in [6, 6.07) is 5.52. The van der Waals surface area contributed by atoms with Crippen molar-refractivity contribution >= 4 is 38.5 Å². The van der Waals surface area contributed by atoms with Gasteiger partial charge in [0.1, 0.15) is 17.3 Å². The van der Waals surface area contributed by atoms with Gasteiger partial charge in [0.25, 0.3) is 0 Å². The normalized spacial score (nSPS) is 17.4. The van der Waals surface area contributed by atoms with E-state index in [4.69, 9.17) is 5.73 Å². The average molecular weight is 552 g/mol. The zero-order valence-electron chi connectivity index (χ0n) is 19.0. The van der Waals surface area contributed by atoms with E-state index in [0.717, 1.165) is 19.2 Å². The van der Waals surface area contributed by atoms with Gasteiger partial charge in [0.2, 0.25) is 5.91 Å². The second kappa shape index (κ2) is 10.7. The van der Waals surface area contributed by atoms with Crippen molar-refractivity contribution in [2.45, 2.75) is 24.9 Å². The number of rotatable bonds is 8. The molecule has 0 spiro atoms. The molecule has 15 heteroatoms. The first-order valence-corrected chi connectivity index (χ1v) is 13.5. The van der Waals surface area contributed by atoms with E-state index in [0.29, 0.717) is 9.87 Å². The van der Waals surface area contributed by atoms with Gasteiger partial charge in [-0.05, 0) is 42.2 Å². The molecule has 198 valence electrons. The number of carbonyl (C=O) groups excluding carboxylic acids is 1. The molecular formula is C21H23F4N4O5S2-. The summed E-state index contributed by atoms with van der Waals surface area (Å²) in [4.78, 5) is 17.3. The fourth-order valence-electron chi connectivity index (χ4n) is 3.88. The van der Waals surface area contributed by atoms with Crippen LogP contribution in [0.3, 0.4) is 0 Å². The first-order valence-electron chi connectivity index (χ1n) is 10.6. The number of anilines is 2. The molecule has 1 aromatic heterocycles. The van der Waals surface area contributed by atoms with Gasteiger partial charge < -0.3 is 19.5 Å². The number of amides is 1. The third kappa shape index (κ3) is 6.50. The number of nitrogens with zero attached hydrogens (tertiary/aromatic N) is 3. The summed E-state index contributed by atoms with van der Waals surface area (Å²) >= 11 is -2.72. The molecule has 2 N–H and O–H groups in total. The van der Waals surface area contributed by atoms with E-state index in [1.165, 1.54) is 23.1 Å². The minimum absolute atomic E-state index is 0.0103. The number of hydrogen-bond donors (Lipinski definition) is 1. The number of carbonyl (C=O) groups is 1. The molecule has 1 saturated heterocycles. The number of halogens is 4. The van der Waals surface area contributed by atoms with Crippen LogP contribution in [0.5, 0.6) is 0 Å². The third-order valence-electron chi connectivity index (χ3n) is 5.87. The Labute approximate surface area is 207 Å². The number of primary amides is 1. The van der Waals surface area contributed by atoms with Crippen LogP contribution in [-0.2, 0) is 38.5 Å². The van der Waals surface area contributed by atoms with E-state index in [9.17, 15) is 39.5 Å². The number of hydrogen-bond acceptors (Lipinski definition) is 7. The van der Waals surface area contributed by atoms with E-state index in [1.54, 1.807) is 0 Å². The lowest BCUT2D eigenvalue weighted by molar-refractivity contribution is -0.141. The van der Waals surface area contributed by atoms with Gasteiger partial charge in [-0.2, -0.15) is 13.2 Å². The highest BCUT2D eigenvalue weighted by Crippen LogP contribution is 2.33. The number of pyridine rings is 1. The van der Waals surface area contributed by atoms with Gasteiger partial charge in [-0.3, -0.25) is 9.00 Å². The van der Waals surface area contributed by atoms with Crippen molar-refractivity contribution in [1.29, 1.82) is 0 Å². The maximum absolute atomic E-state index is 14.5. The molecule has 1 aromatic carbocycles. The Kier molecular flexibility index (Phi) is 8.25. The maximum Gasteiger partial charge on any atom is 0.433 e. The average Bonchev–Trinajstić information content (AvgIpc) is 2.78. The molecule has 2 atom stereocenters. The number of benzene rings is 1. The number of sulfone groups is 1. The summed E-state index contributed by atoms with van der Waals surface area (Å²) in [6.45, 7) is -0.0751. The maximum atomic E-state index is 14.5. The Morgan fingerprint density at radius 2 is 1.89 bits per heavy atom. The Morgan fingerprint density at radius 1 is 1.25 bits per heavy atom. The Hall–Kier alpha value is -2.78. The molecule has 0 radical (unpaired) electrons. The fourth-order valence-corrected chi connectivity index (χ4v) is 5.39. The van der Waals surface area contributed by atoms with Crippen molar-refractivity contribution in [2.24, 2.45) is 5.73 Å². The zero-order chi connectivity index (χ0) is 26.8. The zero-order valence-corrected chi connectivity index (χ0v) is 20.6. The Bertz CT molecular complexity index is 1260. The third-order valence-corrected chi connectivity index (χ3v) is 8.13. The van der Waals surface area contributed by atoms with Gasteiger partial charge in [-0.25, -0.2) is 17.8 Å². The summed E-state index contributed by atoms with van der Waals surface area (Å²) in [5.74, 6) is -3.26. The number of aromatic nitrogens is 1. The highest BCUT2D eigenvalue weighted by molar-refractivity contribution is 7.91. The van der Waals surface area contributed by atoms with Crippen LogP contribution < -0.4 is 14.9 Å². The largest absolute Gasteiger partial charge is 0.755 e. The predicted molar refractivity (Wildman–Crippen MR) is 124 cm³/mol. The number of alkyl halides is 3. The highest BCUT2D eigenvalue weighted by Gasteiger charge is 2.34. The molecule has 1 aliphatic heterocycles. The first-order chi connectivity index (χ1) is 16.7. The van der Waals surface area contributed by atoms with Crippen LogP contribution in [0.15, 0.2) is 30.3 Å². The lowest BCUT2D eigenvalue weighted by Gasteiger charge is -2.30. The van der Waals surface area contributed by atoms with Crippen molar-refractivity contribution in [3.63, 3.8) is 0 Å². The van der Waals surface area contributed by atoms with Crippen molar-refractivity contribution < 1.29 is 39.5 Å². The lowest BCUT2D eigenvalue weighted by atomic mass is 9.91. The summed E-state index contributed by atoms with van der Waals surface area (Å²) < 4.78 is 101. The minimum Gasteiger partial charge on any atom is -0.755 e. The molecule has 2 unspecified atom stereocenters. The van der Waals surface area contributed by atoms with Crippen LogP contribution in [0.25, 0.3) is 0 Å². The number of nitrogens with two attached hydrogens (primary N) is 1. The monoisotopic (exact) mass is 551 g/mol. The van der Waals surface area contributed by atoms with Crippen LogP contribution in [0.2, 0.25) is 0 Å². The molecule has 3 rings (SSSR count). The molecule has 1 aliphatic rings. The van der Waals surface area contributed by atoms with Crippen LogP contribution >= 0.6 is 0 Å².